The summed E-state index contributed by atoms with van der Waals surface area (Å²) in [5.74, 6) is 0.226. The maximum atomic E-state index is 11.4. The SMILES string of the molecule is Cl.Nc1cccc(CN2CCC3(CC2)CNC(=O)C3)c1. The molecule has 1 aromatic rings. The number of nitrogens with zero attached hydrogens (tertiary/aromatic N) is 1. The van der Waals surface area contributed by atoms with Crippen molar-refractivity contribution in [3.8, 4) is 0 Å². The first-order valence-electron chi connectivity index (χ1n) is 6.99. The number of halogens is 1. The summed E-state index contributed by atoms with van der Waals surface area (Å²) < 4.78 is 0. The molecule has 110 valence electrons. The summed E-state index contributed by atoms with van der Waals surface area (Å²) in [6.07, 6.45) is 2.96. The summed E-state index contributed by atoms with van der Waals surface area (Å²) in [6.45, 7) is 3.98. The van der Waals surface area contributed by atoms with Gasteiger partial charge in [-0.05, 0) is 49.0 Å². The second-order valence-corrected chi connectivity index (χ2v) is 5.97. The topological polar surface area (TPSA) is 58.4 Å². The minimum atomic E-state index is 0. The van der Waals surface area contributed by atoms with Gasteiger partial charge in [0.2, 0.25) is 5.91 Å². The standard InChI is InChI=1S/C15H21N3O.ClH/c16-13-3-1-2-12(8-13)10-18-6-4-15(5-7-18)9-14(19)17-11-15;/h1-3,8H,4-7,9-11,16H2,(H,17,19);1H. The van der Waals surface area contributed by atoms with Gasteiger partial charge in [-0.25, -0.2) is 0 Å². The van der Waals surface area contributed by atoms with Crippen LogP contribution in [0.4, 0.5) is 5.69 Å². The van der Waals surface area contributed by atoms with Crippen molar-refractivity contribution in [2.75, 3.05) is 25.4 Å². The zero-order valence-corrected chi connectivity index (χ0v) is 12.4. The van der Waals surface area contributed by atoms with E-state index in [1.54, 1.807) is 0 Å². The number of hydrogen-bond donors (Lipinski definition) is 2. The average molecular weight is 296 g/mol. The molecule has 2 saturated heterocycles. The molecule has 0 radical (unpaired) electrons. The van der Waals surface area contributed by atoms with Crippen molar-refractivity contribution < 1.29 is 4.79 Å². The molecule has 0 saturated carbocycles. The predicted molar refractivity (Wildman–Crippen MR) is 82.7 cm³/mol. The molecular formula is C15H22ClN3O. The van der Waals surface area contributed by atoms with Crippen LogP contribution in [0.5, 0.6) is 0 Å². The third-order valence-electron chi connectivity index (χ3n) is 4.47. The van der Waals surface area contributed by atoms with Crippen molar-refractivity contribution in [1.29, 1.82) is 0 Å². The van der Waals surface area contributed by atoms with Crippen LogP contribution in [-0.2, 0) is 11.3 Å². The molecule has 0 bridgehead atoms. The van der Waals surface area contributed by atoms with Crippen molar-refractivity contribution in [3.05, 3.63) is 29.8 Å². The molecule has 0 unspecified atom stereocenters. The van der Waals surface area contributed by atoms with E-state index in [-0.39, 0.29) is 23.7 Å². The Morgan fingerprint density at radius 3 is 2.65 bits per heavy atom. The minimum absolute atomic E-state index is 0. The van der Waals surface area contributed by atoms with E-state index < -0.39 is 0 Å². The molecule has 20 heavy (non-hydrogen) atoms. The smallest absolute Gasteiger partial charge is 0.220 e. The Balaban J connectivity index is 0.00000147. The highest BCUT2D eigenvalue weighted by Crippen LogP contribution is 2.37. The molecule has 2 fully saturated rings. The minimum Gasteiger partial charge on any atom is -0.399 e. The van der Waals surface area contributed by atoms with Crippen LogP contribution >= 0.6 is 12.4 Å². The van der Waals surface area contributed by atoms with Crippen molar-refractivity contribution in [2.24, 2.45) is 5.41 Å². The Morgan fingerprint density at radius 1 is 1.30 bits per heavy atom. The molecule has 1 amide bonds. The Morgan fingerprint density at radius 2 is 2.05 bits per heavy atom. The number of piperidine rings is 1. The molecule has 0 atom stereocenters. The molecule has 4 nitrogen and oxygen atoms in total. The quantitative estimate of drug-likeness (QED) is 0.818. The number of hydrogen-bond acceptors (Lipinski definition) is 3. The summed E-state index contributed by atoms with van der Waals surface area (Å²) in [6, 6.07) is 8.10. The van der Waals surface area contributed by atoms with E-state index in [1.807, 2.05) is 18.2 Å². The normalized spacial score (nSPS) is 21.5. The summed E-state index contributed by atoms with van der Waals surface area (Å²) in [7, 11) is 0. The van der Waals surface area contributed by atoms with Gasteiger partial charge in [-0.15, -0.1) is 12.4 Å². The molecule has 1 spiro atoms. The fourth-order valence-corrected chi connectivity index (χ4v) is 3.24. The van der Waals surface area contributed by atoms with Gasteiger partial charge in [0, 0.05) is 25.2 Å². The number of likely N-dealkylation sites (tertiary alicyclic amines) is 1. The van der Waals surface area contributed by atoms with Gasteiger partial charge in [-0.2, -0.15) is 0 Å². The maximum Gasteiger partial charge on any atom is 0.220 e. The van der Waals surface area contributed by atoms with Crippen LogP contribution in [-0.4, -0.2) is 30.4 Å². The van der Waals surface area contributed by atoms with Crippen LogP contribution in [0.1, 0.15) is 24.8 Å². The van der Waals surface area contributed by atoms with Crippen LogP contribution in [0.15, 0.2) is 24.3 Å². The monoisotopic (exact) mass is 295 g/mol. The number of carbonyl (C=O) groups excluding carboxylic acids is 1. The van der Waals surface area contributed by atoms with Crippen molar-refractivity contribution in [1.82, 2.24) is 10.2 Å². The fraction of sp³-hybridized carbons (Fsp3) is 0.533. The van der Waals surface area contributed by atoms with Crippen LogP contribution in [0.2, 0.25) is 0 Å². The molecular weight excluding hydrogens is 274 g/mol. The van der Waals surface area contributed by atoms with Crippen LogP contribution in [0.3, 0.4) is 0 Å². The van der Waals surface area contributed by atoms with Crippen molar-refractivity contribution >= 4 is 24.0 Å². The third-order valence-corrected chi connectivity index (χ3v) is 4.47. The lowest BCUT2D eigenvalue weighted by atomic mass is 9.77. The van der Waals surface area contributed by atoms with Gasteiger partial charge < -0.3 is 11.1 Å². The highest BCUT2D eigenvalue weighted by Gasteiger charge is 2.40. The Bertz CT molecular complexity index is 484. The summed E-state index contributed by atoms with van der Waals surface area (Å²) >= 11 is 0. The Kier molecular flexibility index (Phi) is 4.55. The first-order valence-corrected chi connectivity index (χ1v) is 6.99. The lowest BCUT2D eigenvalue weighted by Crippen LogP contribution is -2.40. The number of benzene rings is 1. The van der Waals surface area contributed by atoms with Gasteiger partial charge in [0.15, 0.2) is 0 Å². The number of nitrogens with one attached hydrogen (secondary N) is 1. The van der Waals surface area contributed by atoms with Gasteiger partial charge in [0.05, 0.1) is 0 Å². The lowest BCUT2D eigenvalue weighted by molar-refractivity contribution is -0.119. The van der Waals surface area contributed by atoms with Crippen LogP contribution in [0.25, 0.3) is 0 Å². The van der Waals surface area contributed by atoms with E-state index in [2.05, 4.69) is 16.3 Å². The molecule has 2 aliphatic rings. The Hall–Kier alpha value is -1.26. The fourth-order valence-electron chi connectivity index (χ4n) is 3.24. The lowest BCUT2D eigenvalue weighted by Gasteiger charge is -2.38. The second kappa shape index (κ2) is 6.02. The summed E-state index contributed by atoms with van der Waals surface area (Å²) in [4.78, 5) is 13.8. The number of anilines is 1. The predicted octanol–water partition coefficient (Wildman–Crippen LogP) is 1.79. The molecule has 3 rings (SSSR count). The van der Waals surface area contributed by atoms with E-state index in [9.17, 15) is 4.79 Å². The van der Waals surface area contributed by atoms with Crippen molar-refractivity contribution in [3.63, 3.8) is 0 Å². The zero-order valence-electron chi connectivity index (χ0n) is 11.6. The third kappa shape index (κ3) is 3.25. The van der Waals surface area contributed by atoms with Crippen LogP contribution < -0.4 is 11.1 Å². The van der Waals surface area contributed by atoms with E-state index in [1.165, 1.54) is 5.56 Å². The van der Waals surface area contributed by atoms with E-state index in [4.69, 9.17) is 5.73 Å². The molecule has 2 heterocycles. The van der Waals surface area contributed by atoms with Gasteiger partial charge in [0.25, 0.3) is 0 Å². The van der Waals surface area contributed by atoms with E-state index >= 15 is 0 Å². The van der Waals surface area contributed by atoms with Crippen LogP contribution in [0, 0.1) is 5.41 Å². The molecule has 3 N–H and O–H groups in total. The number of amides is 1. The van der Waals surface area contributed by atoms with E-state index in [0.29, 0.717) is 0 Å². The largest absolute Gasteiger partial charge is 0.399 e. The van der Waals surface area contributed by atoms with Crippen molar-refractivity contribution in [2.45, 2.75) is 25.8 Å². The Labute approximate surface area is 126 Å². The molecule has 0 aromatic heterocycles. The number of nitrogens with two attached hydrogens (primary N) is 1. The first kappa shape index (κ1) is 15.1. The van der Waals surface area contributed by atoms with Gasteiger partial charge in [0.1, 0.15) is 0 Å². The molecule has 2 aliphatic heterocycles. The number of rotatable bonds is 2. The maximum absolute atomic E-state index is 11.4. The van der Waals surface area contributed by atoms with Gasteiger partial charge in [-0.3, -0.25) is 9.69 Å². The average Bonchev–Trinajstić information content (AvgIpc) is 2.74. The summed E-state index contributed by atoms with van der Waals surface area (Å²) in [5, 5.41) is 2.98. The highest BCUT2D eigenvalue weighted by atomic mass is 35.5. The first-order chi connectivity index (χ1) is 9.15. The molecule has 5 heteroatoms. The molecule has 0 aliphatic carbocycles. The highest BCUT2D eigenvalue weighted by molar-refractivity contribution is 5.85. The zero-order chi connectivity index (χ0) is 13.3. The number of nitrogen functional groups attached to an aromatic ring is 1. The van der Waals surface area contributed by atoms with E-state index in [0.717, 1.165) is 51.1 Å². The molecule has 1 aromatic carbocycles. The van der Waals surface area contributed by atoms with Gasteiger partial charge in [-0.1, -0.05) is 12.1 Å². The van der Waals surface area contributed by atoms with Gasteiger partial charge >= 0.3 is 0 Å². The summed E-state index contributed by atoms with van der Waals surface area (Å²) in [5.41, 5.74) is 8.15. The second-order valence-electron chi connectivity index (χ2n) is 5.97. The number of carbonyl (C=O) groups is 1.